The Morgan fingerprint density at radius 1 is 1.18 bits per heavy atom. The smallest absolute Gasteiger partial charge is 0.277 e. The van der Waals surface area contributed by atoms with Crippen LogP contribution in [0.25, 0.3) is 15.9 Å². The predicted molar refractivity (Wildman–Crippen MR) is 139 cm³/mol. The van der Waals surface area contributed by atoms with E-state index in [0.29, 0.717) is 23.7 Å². The monoisotopic (exact) mass is 476 g/mol. The van der Waals surface area contributed by atoms with Crippen LogP contribution in [0.2, 0.25) is 0 Å². The molecule has 0 spiro atoms. The Labute approximate surface area is 204 Å². The van der Waals surface area contributed by atoms with Crippen molar-refractivity contribution < 1.29 is 4.79 Å². The van der Waals surface area contributed by atoms with Gasteiger partial charge in [-0.1, -0.05) is 29.3 Å². The normalized spacial score (nSPS) is 18.7. The van der Waals surface area contributed by atoms with Gasteiger partial charge in [0.15, 0.2) is 0 Å². The third-order valence-electron chi connectivity index (χ3n) is 6.96. The van der Waals surface area contributed by atoms with Crippen LogP contribution in [0.1, 0.15) is 50.5 Å². The number of thiophene rings is 1. The second-order valence-corrected chi connectivity index (χ2v) is 10.4. The van der Waals surface area contributed by atoms with Crippen LogP contribution in [0.15, 0.2) is 52.2 Å². The first-order chi connectivity index (χ1) is 16.6. The molecule has 0 bridgehead atoms. The third kappa shape index (κ3) is 4.80. The van der Waals surface area contributed by atoms with Gasteiger partial charge in [0.05, 0.1) is 17.1 Å². The van der Waals surface area contributed by atoms with E-state index < -0.39 is 0 Å². The molecule has 2 aliphatic rings. The third-order valence-corrected chi connectivity index (χ3v) is 7.85. The quantitative estimate of drug-likeness (QED) is 0.510. The number of carbonyl (C=O) groups is 1. The molecule has 34 heavy (non-hydrogen) atoms. The molecule has 3 aromatic rings. The molecule has 178 valence electrons. The Hall–Kier alpha value is -2.93. The summed E-state index contributed by atoms with van der Waals surface area (Å²) in [5.74, 6) is 0.641. The standard InChI is InChI=1S/C27H32N4O2S/c1-19-9-11-22(12-10-19)31-26(33)24-23(14-17-34-24)29-27(31)30-16-5-8-21(18-30)25(32)28-15-13-20-6-3-2-4-7-20/h6,9-12,14,17,21H,2-5,7-8,13,15-16,18H2,1H3,(H,28,32)/t21-/m1/s1. The molecule has 1 atom stereocenters. The van der Waals surface area contributed by atoms with Crippen molar-refractivity contribution >= 4 is 33.4 Å². The van der Waals surface area contributed by atoms with Gasteiger partial charge in [0.1, 0.15) is 4.70 Å². The van der Waals surface area contributed by atoms with Crippen molar-refractivity contribution in [3.05, 3.63) is 63.3 Å². The van der Waals surface area contributed by atoms with E-state index >= 15 is 0 Å². The van der Waals surface area contributed by atoms with Crippen LogP contribution < -0.4 is 15.8 Å². The van der Waals surface area contributed by atoms with Crippen molar-refractivity contribution in [1.82, 2.24) is 14.9 Å². The van der Waals surface area contributed by atoms with E-state index in [-0.39, 0.29) is 17.4 Å². The van der Waals surface area contributed by atoms with Crippen molar-refractivity contribution in [2.75, 3.05) is 24.5 Å². The second kappa shape index (κ2) is 10.1. The molecular formula is C27H32N4O2S. The lowest BCUT2D eigenvalue weighted by Crippen LogP contribution is -2.45. The van der Waals surface area contributed by atoms with Crippen molar-refractivity contribution in [1.29, 1.82) is 0 Å². The van der Waals surface area contributed by atoms with E-state index in [1.165, 1.54) is 42.6 Å². The van der Waals surface area contributed by atoms with Crippen LogP contribution >= 0.6 is 11.3 Å². The van der Waals surface area contributed by atoms with Gasteiger partial charge in [-0.25, -0.2) is 9.55 Å². The van der Waals surface area contributed by atoms with Gasteiger partial charge < -0.3 is 10.2 Å². The number of piperidine rings is 1. The number of aryl methyl sites for hydroxylation is 1. The molecule has 5 rings (SSSR count). The first-order valence-electron chi connectivity index (χ1n) is 12.4. The topological polar surface area (TPSA) is 67.2 Å². The number of benzene rings is 1. The molecule has 3 heterocycles. The van der Waals surface area contributed by atoms with E-state index in [1.807, 2.05) is 42.6 Å². The number of rotatable bonds is 6. The lowest BCUT2D eigenvalue weighted by atomic mass is 9.96. The average molecular weight is 477 g/mol. The van der Waals surface area contributed by atoms with E-state index in [0.717, 1.165) is 42.6 Å². The number of amides is 1. The molecule has 7 heteroatoms. The van der Waals surface area contributed by atoms with Gasteiger partial charge in [-0.05, 0) is 75.4 Å². The highest BCUT2D eigenvalue weighted by atomic mass is 32.1. The number of carbonyl (C=O) groups excluding carboxylic acids is 1. The lowest BCUT2D eigenvalue weighted by molar-refractivity contribution is -0.125. The zero-order valence-corrected chi connectivity index (χ0v) is 20.6. The largest absolute Gasteiger partial charge is 0.355 e. The van der Waals surface area contributed by atoms with E-state index in [4.69, 9.17) is 4.98 Å². The van der Waals surface area contributed by atoms with Crippen LogP contribution in [0.5, 0.6) is 0 Å². The Kier molecular flexibility index (Phi) is 6.81. The summed E-state index contributed by atoms with van der Waals surface area (Å²) >= 11 is 1.42. The fourth-order valence-corrected chi connectivity index (χ4v) is 5.79. The maximum atomic E-state index is 13.5. The predicted octanol–water partition coefficient (Wildman–Crippen LogP) is 4.98. The highest BCUT2D eigenvalue weighted by Crippen LogP contribution is 2.27. The summed E-state index contributed by atoms with van der Waals surface area (Å²) in [4.78, 5) is 33.5. The molecule has 0 saturated carbocycles. The van der Waals surface area contributed by atoms with Crippen LogP contribution in [-0.2, 0) is 4.79 Å². The Balaban J connectivity index is 1.37. The van der Waals surface area contributed by atoms with Gasteiger partial charge in [-0.15, -0.1) is 11.3 Å². The molecule has 1 aliphatic heterocycles. The van der Waals surface area contributed by atoms with Crippen LogP contribution in [0.4, 0.5) is 5.95 Å². The number of allylic oxidation sites excluding steroid dienone is 1. The zero-order chi connectivity index (χ0) is 23.5. The molecule has 0 radical (unpaired) electrons. The van der Waals surface area contributed by atoms with Crippen molar-refractivity contribution in [3.63, 3.8) is 0 Å². The van der Waals surface area contributed by atoms with Gasteiger partial charge >= 0.3 is 0 Å². The van der Waals surface area contributed by atoms with Crippen LogP contribution in [0.3, 0.4) is 0 Å². The molecule has 1 aromatic carbocycles. The zero-order valence-electron chi connectivity index (χ0n) is 19.8. The number of hydrogen-bond donors (Lipinski definition) is 1. The number of hydrogen-bond acceptors (Lipinski definition) is 5. The average Bonchev–Trinajstić information content (AvgIpc) is 3.35. The molecule has 1 amide bonds. The fraction of sp³-hybridized carbons (Fsp3) is 0.444. The number of fused-ring (bicyclic) bond motifs is 1. The molecule has 1 aliphatic carbocycles. The Morgan fingerprint density at radius 3 is 2.82 bits per heavy atom. The highest BCUT2D eigenvalue weighted by Gasteiger charge is 2.29. The second-order valence-electron chi connectivity index (χ2n) is 9.46. The van der Waals surface area contributed by atoms with Crippen LogP contribution in [-0.4, -0.2) is 35.1 Å². The Bertz CT molecular complexity index is 1260. The van der Waals surface area contributed by atoms with Gasteiger partial charge in [0, 0.05) is 19.6 Å². The maximum absolute atomic E-state index is 13.5. The molecule has 1 fully saturated rings. The van der Waals surface area contributed by atoms with Gasteiger partial charge in [0.2, 0.25) is 11.9 Å². The Morgan fingerprint density at radius 2 is 2.03 bits per heavy atom. The van der Waals surface area contributed by atoms with E-state index in [2.05, 4.69) is 16.3 Å². The minimum absolute atomic E-state index is 0.0498. The maximum Gasteiger partial charge on any atom is 0.277 e. The molecule has 1 N–H and O–H groups in total. The van der Waals surface area contributed by atoms with Crippen LogP contribution in [0, 0.1) is 12.8 Å². The molecular weight excluding hydrogens is 444 g/mol. The van der Waals surface area contributed by atoms with Gasteiger partial charge in [0.25, 0.3) is 5.56 Å². The number of nitrogens with one attached hydrogen (secondary N) is 1. The fourth-order valence-electron chi connectivity index (χ4n) is 5.03. The summed E-state index contributed by atoms with van der Waals surface area (Å²) in [6, 6.07) is 9.86. The first kappa shape index (κ1) is 22.8. The molecule has 0 unspecified atom stereocenters. The summed E-state index contributed by atoms with van der Waals surface area (Å²) in [6.45, 7) is 4.09. The molecule has 1 saturated heterocycles. The number of nitrogens with zero attached hydrogens (tertiary/aromatic N) is 3. The summed E-state index contributed by atoms with van der Waals surface area (Å²) in [5, 5.41) is 5.08. The lowest BCUT2D eigenvalue weighted by Gasteiger charge is -2.34. The minimum Gasteiger partial charge on any atom is -0.355 e. The molecule has 2 aromatic heterocycles. The molecule has 6 nitrogen and oxygen atoms in total. The van der Waals surface area contributed by atoms with Gasteiger partial charge in [-0.2, -0.15) is 0 Å². The summed E-state index contributed by atoms with van der Waals surface area (Å²) in [6.07, 6.45) is 9.94. The van der Waals surface area contributed by atoms with Crippen molar-refractivity contribution in [2.45, 2.75) is 51.9 Å². The van der Waals surface area contributed by atoms with Gasteiger partial charge in [-0.3, -0.25) is 9.59 Å². The summed E-state index contributed by atoms with van der Waals surface area (Å²) < 4.78 is 2.38. The number of anilines is 1. The minimum atomic E-state index is -0.101. The van der Waals surface area contributed by atoms with Crippen molar-refractivity contribution in [2.24, 2.45) is 5.92 Å². The SMILES string of the molecule is Cc1ccc(-n2c(N3CCC[C@@H](C(=O)NCCC4=CCCCC4)C3)nc3ccsc3c2=O)cc1. The van der Waals surface area contributed by atoms with E-state index in [9.17, 15) is 9.59 Å². The first-order valence-corrected chi connectivity index (χ1v) is 13.3. The van der Waals surface area contributed by atoms with Crippen molar-refractivity contribution in [3.8, 4) is 5.69 Å². The van der Waals surface area contributed by atoms with E-state index in [1.54, 1.807) is 4.57 Å². The summed E-state index contributed by atoms with van der Waals surface area (Å²) in [7, 11) is 0. The number of aromatic nitrogens is 2. The summed E-state index contributed by atoms with van der Waals surface area (Å²) in [5.41, 5.74) is 4.10. The highest BCUT2D eigenvalue weighted by molar-refractivity contribution is 7.17.